The molecule has 2 aromatic carbocycles. The van der Waals surface area contributed by atoms with Gasteiger partial charge >= 0.3 is 5.97 Å². The minimum Gasteiger partial charge on any atom is -0.483 e. The van der Waals surface area contributed by atoms with Crippen LogP contribution in [0.5, 0.6) is 5.75 Å². The van der Waals surface area contributed by atoms with Crippen molar-refractivity contribution in [3.8, 4) is 5.75 Å². The molecule has 6 heteroatoms. The van der Waals surface area contributed by atoms with Gasteiger partial charge in [-0.1, -0.05) is 30.3 Å². The Kier molecular flexibility index (Phi) is 5.42. The fraction of sp³-hybridized carbons (Fsp3) is 0.261. The van der Waals surface area contributed by atoms with E-state index in [1.165, 1.54) is 7.11 Å². The Labute approximate surface area is 169 Å². The van der Waals surface area contributed by atoms with Gasteiger partial charge in [-0.3, -0.25) is 4.79 Å². The number of ketones is 1. The molecular formula is C23H22N2O4. The smallest absolute Gasteiger partial charge is 0.341 e. The van der Waals surface area contributed by atoms with Gasteiger partial charge in [0.2, 0.25) is 0 Å². The summed E-state index contributed by atoms with van der Waals surface area (Å²) in [7, 11) is 1.34. The van der Waals surface area contributed by atoms with Crippen LogP contribution in [0.3, 0.4) is 0 Å². The summed E-state index contributed by atoms with van der Waals surface area (Å²) in [6, 6.07) is 13.3. The molecule has 29 heavy (non-hydrogen) atoms. The monoisotopic (exact) mass is 390 g/mol. The first-order chi connectivity index (χ1) is 14.2. The third-order valence-corrected chi connectivity index (χ3v) is 5.17. The highest BCUT2D eigenvalue weighted by molar-refractivity contribution is 6.03. The molecule has 0 amide bonds. The van der Waals surface area contributed by atoms with Gasteiger partial charge in [0, 0.05) is 24.4 Å². The van der Waals surface area contributed by atoms with Crippen molar-refractivity contribution in [1.82, 2.24) is 9.55 Å². The van der Waals surface area contributed by atoms with Crippen LogP contribution >= 0.6 is 0 Å². The van der Waals surface area contributed by atoms with Crippen molar-refractivity contribution in [2.45, 2.75) is 31.9 Å². The molecule has 0 bridgehead atoms. The van der Waals surface area contributed by atoms with Crippen LogP contribution in [0.4, 0.5) is 0 Å². The van der Waals surface area contributed by atoms with Crippen LogP contribution in [0, 0.1) is 0 Å². The molecule has 1 aliphatic carbocycles. The van der Waals surface area contributed by atoms with E-state index < -0.39 is 5.97 Å². The third kappa shape index (κ3) is 3.92. The molecule has 0 radical (unpaired) electrons. The van der Waals surface area contributed by atoms with Crippen LogP contribution in [0.1, 0.15) is 50.8 Å². The number of methoxy groups -OCH3 is 1. The van der Waals surface area contributed by atoms with Crippen molar-refractivity contribution < 1.29 is 19.1 Å². The zero-order chi connectivity index (χ0) is 20.2. The Morgan fingerprint density at radius 2 is 2.00 bits per heavy atom. The lowest BCUT2D eigenvalue weighted by atomic mass is 9.87. The molecule has 0 N–H and O–H groups in total. The summed E-state index contributed by atoms with van der Waals surface area (Å²) in [6.07, 6.45) is 6.84. The summed E-state index contributed by atoms with van der Waals surface area (Å²) in [6.45, 7) is 0.528. The Morgan fingerprint density at radius 1 is 1.17 bits per heavy atom. The van der Waals surface area contributed by atoms with E-state index in [9.17, 15) is 9.59 Å². The van der Waals surface area contributed by atoms with E-state index >= 15 is 0 Å². The second-order valence-corrected chi connectivity index (χ2v) is 7.01. The standard InChI is InChI=1S/C23H22N2O4/c1-28-23(27)22-18-8-5-9-19(26)17(18)10-11-20(22)29-21(14-25-13-12-24-15-25)16-6-3-2-4-7-16/h2-4,6-7,10-13,15,21H,5,8-9,14H2,1H3. The van der Waals surface area contributed by atoms with Gasteiger partial charge < -0.3 is 14.0 Å². The zero-order valence-corrected chi connectivity index (χ0v) is 16.2. The molecule has 0 spiro atoms. The molecule has 1 unspecified atom stereocenters. The number of hydrogen-bond acceptors (Lipinski definition) is 5. The Morgan fingerprint density at radius 3 is 2.72 bits per heavy atom. The van der Waals surface area contributed by atoms with Crippen LogP contribution in [-0.4, -0.2) is 28.4 Å². The second-order valence-electron chi connectivity index (χ2n) is 7.01. The van der Waals surface area contributed by atoms with Gasteiger partial charge in [-0.2, -0.15) is 0 Å². The lowest BCUT2D eigenvalue weighted by Crippen LogP contribution is -2.20. The first kappa shape index (κ1) is 18.9. The SMILES string of the molecule is COC(=O)c1c(OC(Cn2ccnc2)c2ccccc2)ccc2c1CCCC2=O. The van der Waals surface area contributed by atoms with E-state index in [0.717, 1.165) is 17.5 Å². The molecule has 1 aromatic heterocycles. The largest absolute Gasteiger partial charge is 0.483 e. The van der Waals surface area contributed by atoms with Gasteiger partial charge in [0.15, 0.2) is 5.78 Å². The lowest BCUT2D eigenvalue weighted by molar-refractivity contribution is 0.0590. The molecule has 0 aliphatic heterocycles. The van der Waals surface area contributed by atoms with Crippen molar-refractivity contribution in [3.63, 3.8) is 0 Å². The summed E-state index contributed by atoms with van der Waals surface area (Å²) in [5, 5.41) is 0. The number of esters is 1. The molecule has 148 valence electrons. The van der Waals surface area contributed by atoms with Crippen molar-refractivity contribution in [1.29, 1.82) is 0 Å². The minimum absolute atomic E-state index is 0.0565. The van der Waals surface area contributed by atoms with E-state index in [-0.39, 0.29) is 11.9 Å². The summed E-state index contributed by atoms with van der Waals surface area (Å²) >= 11 is 0. The van der Waals surface area contributed by atoms with Gasteiger partial charge in [-0.15, -0.1) is 0 Å². The molecule has 1 atom stereocenters. The summed E-state index contributed by atoms with van der Waals surface area (Å²) in [4.78, 5) is 29.0. The number of fused-ring (bicyclic) bond motifs is 1. The molecule has 1 heterocycles. The van der Waals surface area contributed by atoms with Gasteiger partial charge in [0.25, 0.3) is 0 Å². The molecular weight excluding hydrogens is 368 g/mol. The van der Waals surface area contributed by atoms with E-state index in [2.05, 4.69) is 4.98 Å². The van der Waals surface area contributed by atoms with Gasteiger partial charge in [-0.25, -0.2) is 9.78 Å². The Bertz CT molecular complexity index is 1010. The summed E-state index contributed by atoms with van der Waals surface area (Å²) in [5.41, 5.74) is 2.64. The first-order valence-corrected chi connectivity index (χ1v) is 9.62. The topological polar surface area (TPSA) is 70.4 Å². The molecule has 0 saturated heterocycles. The first-order valence-electron chi connectivity index (χ1n) is 9.62. The van der Waals surface area contributed by atoms with Gasteiger partial charge in [0.05, 0.1) is 20.0 Å². The lowest BCUT2D eigenvalue weighted by Gasteiger charge is -2.24. The van der Waals surface area contributed by atoms with Crippen LogP contribution in [0.2, 0.25) is 0 Å². The molecule has 0 fully saturated rings. The van der Waals surface area contributed by atoms with Gasteiger partial charge in [0.1, 0.15) is 17.4 Å². The Hall–Kier alpha value is -3.41. The maximum atomic E-state index is 12.6. The van der Waals surface area contributed by atoms with E-state index in [4.69, 9.17) is 9.47 Å². The van der Waals surface area contributed by atoms with Crippen molar-refractivity contribution in [3.05, 3.63) is 83.4 Å². The number of nitrogens with zero attached hydrogens (tertiary/aromatic N) is 2. The van der Waals surface area contributed by atoms with Crippen LogP contribution in [0.15, 0.2) is 61.2 Å². The fourth-order valence-electron chi connectivity index (χ4n) is 3.75. The Balaban J connectivity index is 1.75. The van der Waals surface area contributed by atoms with E-state index in [1.54, 1.807) is 24.7 Å². The molecule has 1 aliphatic rings. The normalized spacial score (nSPS) is 14.2. The zero-order valence-electron chi connectivity index (χ0n) is 16.2. The molecule has 0 saturated carbocycles. The minimum atomic E-state index is -0.485. The molecule has 4 rings (SSSR count). The predicted molar refractivity (Wildman–Crippen MR) is 107 cm³/mol. The van der Waals surface area contributed by atoms with E-state index in [0.29, 0.717) is 36.3 Å². The van der Waals surface area contributed by atoms with E-state index in [1.807, 2.05) is 41.1 Å². The van der Waals surface area contributed by atoms with Crippen LogP contribution in [-0.2, 0) is 17.7 Å². The number of carbonyl (C=O) groups excluding carboxylic acids is 2. The summed E-state index contributed by atoms with van der Waals surface area (Å²) in [5.74, 6) is 0.00115. The van der Waals surface area contributed by atoms with Crippen LogP contribution in [0.25, 0.3) is 0 Å². The average Bonchev–Trinajstić information content (AvgIpc) is 3.26. The number of hydrogen-bond donors (Lipinski definition) is 0. The second kappa shape index (κ2) is 8.31. The highest BCUT2D eigenvalue weighted by Crippen LogP contribution is 2.34. The maximum Gasteiger partial charge on any atom is 0.341 e. The fourth-order valence-corrected chi connectivity index (χ4v) is 3.75. The van der Waals surface area contributed by atoms with Crippen LogP contribution < -0.4 is 4.74 Å². The van der Waals surface area contributed by atoms with Crippen molar-refractivity contribution >= 4 is 11.8 Å². The predicted octanol–water partition coefficient (Wildman–Crippen LogP) is 4.01. The van der Waals surface area contributed by atoms with Gasteiger partial charge in [-0.05, 0) is 36.1 Å². The number of ether oxygens (including phenoxy) is 2. The quantitative estimate of drug-likeness (QED) is 0.595. The highest BCUT2D eigenvalue weighted by Gasteiger charge is 2.28. The number of carbonyl (C=O) groups is 2. The molecule has 3 aromatic rings. The maximum absolute atomic E-state index is 12.6. The highest BCUT2D eigenvalue weighted by atomic mass is 16.5. The number of benzene rings is 2. The number of aromatic nitrogens is 2. The third-order valence-electron chi connectivity index (χ3n) is 5.17. The number of rotatable bonds is 6. The molecule has 6 nitrogen and oxygen atoms in total. The number of imidazole rings is 1. The van der Waals surface area contributed by atoms with Crippen molar-refractivity contribution in [2.24, 2.45) is 0 Å². The average molecular weight is 390 g/mol. The number of Topliss-reactive ketones (excluding diaryl/α,β-unsaturated/α-hetero) is 1. The summed E-state index contributed by atoms with van der Waals surface area (Å²) < 4.78 is 13.3. The van der Waals surface area contributed by atoms with Crippen molar-refractivity contribution in [2.75, 3.05) is 7.11 Å².